The van der Waals surface area contributed by atoms with Crippen molar-refractivity contribution in [1.82, 2.24) is 0 Å². The molecule has 0 aromatic rings. The monoisotopic (exact) mass is 152 g/mol. The van der Waals surface area contributed by atoms with Gasteiger partial charge in [0, 0.05) is 0 Å². The normalized spacial score (nSPS) is 11.0. The lowest BCUT2D eigenvalue weighted by Gasteiger charge is -1.90. The third kappa shape index (κ3) is 7.04. The second kappa shape index (κ2) is 5.90. The first kappa shape index (κ1) is 10.2. The molecule has 0 aliphatic carbocycles. The molecule has 0 aromatic heterocycles. The van der Waals surface area contributed by atoms with Gasteiger partial charge in [-0.05, 0) is 39.2 Å². The zero-order valence-electron chi connectivity index (χ0n) is 7.55. The van der Waals surface area contributed by atoms with Crippen LogP contribution in [-0.4, -0.2) is 6.29 Å². The number of rotatable bonds is 4. The summed E-state index contributed by atoms with van der Waals surface area (Å²) in [5.41, 5.74) is 2.16. The van der Waals surface area contributed by atoms with Gasteiger partial charge in [0.2, 0.25) is 0 Å². The molecule has 1 heteroatoms. The van der Waals surface area contributed by atoms with Crippen LogP contribution in [0.25, 0.3) is 0 Å². The van der Waals surface area contributed by atoms with Crippen LogP contribution in [0.2, 0.25) is 0 Å². The summed E-state index contributed by atoms with van der Waals surface area (Å²) in [6, 6.07) is 0. The third-order valence-electron chi connectivity index (χ3n) is 1.37. The van der Waals surface area contributed by atoms with E-state index in [4.69, 9.17) is 0 Å². The van der Waals surface area contributed by atoms with Crippen LogP contribution in [0, 0.1) is 0 Å². The predicted octanol–water partition coefficient (Wildman–Crippen LogP) is 2.88. The number of aldehydes is 1. The molecule has 0 unspecified atom stereocenters. The Morgan fingerprint density at radius 2 is 1.64 bits per heavy atom. The number of unbranched alkanes of at least 4 members (excludes halogenated alkanes) is 1. The van der Waals surface area contributed by atoms with Crippen molar-refractivity contribution in [2.24, 2.45) is 0 Å². The molecule has 0 amide bonds. The summed E-state index contributed by atoms with van der Waals surface area (Å²) in [5.74, 6) is 0. The number of allylic oxidation sites excluding steroid dienone is 4. The first-order valence-electron chi connectivity index (χ1n) is 3.92. The maximum atomic E-state index is 10.1. The van der Waals surface area contributed by atoms with E-state index in [1.165, 1.54) is 5.57 Å². The molecule has 0 aliphatic heterocycles. The fraction of sp³-hybridized carbons (Fsp3) is 0.500. The number of hydrogen-bond donors (Lipinski definition) is 0. The largest absolute Gasteiger partial charge is 0.298 e. The fourth-order valence-electron chi connectivity index (χ4n) is 0.731. The minimum Gasteiger partial charge on any atom is -0.298 e. The summed E-state index contributed by atoms with van der Waals surface area (Å²) in [5, 5.41) is 0. The smallest absolute Gasteiger partial charge is 0.145 e. The molecular weight excluding hydrogens is 136 g/mol. The van der Waals surface area contributed by atoms with Gasteiger partial charge in [0.25, 0.3) is 0 Å². The summed E-state index contributed by atoms with van der Waals surface area (Å²) in [4.78, 5) is 10.1. The van der Waals surface area contributed by atoms with Crippen molar-refractivity contribution in [3.05, 3.63) is 23.3 Å². The molecule has 0 saturated heterocycles. The molecule has 62 valence electrons. The highest BCUT2D eigenvalue weighted by Gasteiger charge is 1.83. The second-order valence-electron chi connectivity index (χ2n) is 2.92. The van der Waals surface area contributed by atoms with Crippen molar-refractivity contribution in [3.63, 3.8) is 0 Å². The van der Waals surface area contributed by atoms with Gasteiger partial charge in [-0.1, -0.05) is 17.7 Å². The molecule has 0 aromatic carbocycles. The molecule has 0 radical (unpaired) electrons. The maximum absolute atomic E-state index is 10.1. The summed E-state index contributed by atoms with van der Waals surface area (Å²) in [6.45, 7) is 5.99. The van der Waals surface area contributed by atoms with E-state index in [1.807, 2.05) is 13.0 Å². The van der Waals surface area contributed by atoms with Crippen LogP contribution in [0.1, 0.15) is 33.6 Å². The van der Waals surface area contributed by atoms with E-state index in [-0.39, 0.29) is 0 Å². The van der Waals surface area contributed by atoms with E-state index >= 15 is 0 Å². The van der Waals surface area contributed by atoms with Gasteiger partial charge in [-0.2, -0.15) is 0 Å². The van der Waals surface area contributed by atoms with Crippen LogP contribution in [0.3, 0.4) is 0 Å². The zero-order chi connectivity index (χ0) is 8.69. The number of hydrogen-bond acceptors (Lipinski definition) is 1. The molecule has 0 heterocycles. The minimum absolute atomic E-state index is 0.826. The zero-order valence-corrected chi connectivity index (χ0v) is 7.55. The third-order valence-corrected chi connectivity index (χ3v) is 1.37. The molecule has 0 bridgehead atoms. The van der Waals surface area contributed by atoms with E-state index in [0.29, 0.717) is 0 Å². The SMILES string of the molecule is CC(C)=CCCC=C(C)C=O. The lowest BCUT2D eigenvalue weighted by molar-refractivity contribution is -0.104. The Morgan fingerprint density at radius 3 is 2.09 bits per heavy atom. The molecule has 0 fully saturated rings. The number of carbonyl (C=O) groups is 1. The highest BCUT2D eigenvalue weighted by Crippen LogP contribution is 1.99. The van der Waals surface area contributed by atoms with E-state index < -0.39 is 0 Å². The lowest BCUT2D eigenvalue weighted by atomic mass is 10.2. The van der Waals surface area contributed by atoms with Gasteiger partial charge in [-0.3, -0.25) is 4.79 Å². The van der Waals surface area contributed by atoms with Crippen LogP contribution in [-0.2, 0) is 4.79 Å². The van der Waals surface area contributed by atoms with Crippen LogP contribution < -0.4 is 0 Å². The van der Waals surface area contributed by atoms with Crippen molar-refractivity contribution in [2.45, 2.75) is 33.6 Å². The van der Waals surface area contributed by atoms with Gasteiger partial charge >= 0.3 is 0 Å². The quantitative estimate of drug-likeness (QED) is 0.262. The number of carbonyl (C=O) groups excluding carboxylic acids is 1. The second-order valence-corrected chi connectivity index (χ2v) is 2.92. The molecule has 0 aliphatic rings. The van der Waals surface area contributed by atoms with Gasteiger partial charge < -0.3 is 0 Å². The van der Waals surface area contributed by atoms with Crippen molar-refractivity contribution in [1.29, 1.82) is 0 Å². The molecule has 0 rings (SSSR count). The van der Waals surface area contributed by atoms with Gasteiger partial charge in [0.15, 0.2) is 0 Å². The summed E-state index contributed by atoms with van der Waals surface area (Å²) in [6.07, 6.45) is 7.03. The minimum atomic E-state index is 0.826. The van der Waals surface area contributed by atoms with Crippen LogP contribution >= 0.6 is 0 Å². The summed E-state index contributed by atoms with van der Waals surface area (Å²) >= 11 is 0. The molecule has 0 N–H and O–H groups in total. The topological polar surface area (TPSA) is 17.1 Å². The first-order valence-corrected chi connectivity index (χ1v) is 3.92. The standard InChI is InChI=1S/C10H16O/c1-9(2)6-4-5-7-10(3)8-11/h6-8H,4-5H2,1-3H3. The highest BCUT2D eigenvalue weighted by molar-refractivity contribution is 5.71. The van der Waals surface area contributed by atoms with E-state index in [9.17, 15) is 4.79 Å². The molecule has 1 nitrogen and oxygen atoms in total. The van der Waals surface area contributed by atoms with Crippen molar-refractivity contribution >= 4 is 6.29 Å². The van der Waals surface area contributed by atoms with Crippen molar-refractivity contribution in [2.75, 3.05) is 0 Å². The first-order chi connectivity index (χ1) is 5.16. The Hall–Kier alpha value is -0.850. The van der Waals surface area contributed by atoms with E-state index in [1.54, 1.807) is 0 Å². The highest BCUT2D eigenvalue weighted by atomic mass is 16.1. The van der Waals surface area contributed by atoms with Crippen LogP contribution in [0.15, 0.2) is 23.3 Å². The average molecular weight is 152 g/mol. The molecular formula is C10H16O. The maximum Gasteiger partial charge on any atom is 0.145 e. The van der Waals surface area contributed by atoms with Gasteiger partial charge in [0.1, 0.15) is 6.29 Å². The fourth-order valence-corrected chi connectivity index (χ4v) is 0.731. The van der Waals surface area contributed by atoms with Crippen LogP contribution in [0.5, 0.6) is 0 Å². The van der Waals surface area contributed by atoms with Crippen LogP contribution in [0.4, 0.5) is 0 Å². The van der Waals surface area contributed by atoms with Crippen molar-refractivity contribution in [3.8, 4) is 0 Å². The molecule has 11 heavy (non-hydrogen) atoms. The molecule has 0 saturated carbocycles. The Bertz CT molecular complexity index is 171. The van der Waals surface area contributed by atoms with Gasteiger partial charge in [0.05, 0.1) is 0 Å². The molecule has 0 atom stereocenters. The van der Waals surface area contributed by atoms with Gasteiger partial charge in [-0.15, -0.1) is 0 Å². The lowest BCUT2D eigenvalue weighted by Crippen LogP contribution is -1.76. The summed E-state index contributed by atoms with van der Waals surface area (Å²) < 4.78 is 0. The predicted molar refractivity (Wildman–Crippen MR) is 48.5 cm³/mol. The van der Waals surface area contributed by atoms with E-state index in [0.717, 1.165) is 24.7 Å². The molecule has 0 spiro atoms. The Balaban J connectivity index is 3.57. The Labute approximate surface area is 68.8 Å². The Morgan fingerprint density at radius 1 is 1.09 bits per heavy atom. The van der Waals surface area contributed by atoms with Gasteiger partial charge in [-0.25, -0.2) is 0 Å². The Kier molecular flexibility index (Phi) is 5.44. The average Bonchev–Trinajstić information content (AvgIpc) is 1.97. The van der Waals surface area contributed by atoms with Crippen molar-refractivity contribution < 1.29 is 4.79 Å². The summed E-state index contributed by atoms with van der Waals surface area (Å²) in [7, 11) is 0. The van der Waals surface area contributed by atoms with E-state index in [2.05, 4.69) is 19.9 Å².